The Labute approximate surface area is 223 Å². The van der Waals surface area contributed by atoms with Gasteiger partial charge in [0.15, 0.2) is 24.8 Å². The van der Waals surface area contributed by atoms with Gasteiger partial charge in [-0.1, -0.05) is 64.2 Å². The Balaban J connectivity index is 0.000000509. The van der Waals surface area contributed by atoms with Crippen molar-refractivity contribution in [3.05, 3.63) is 73.3 Å². The summed E-state index contributed by atoms with van der Waals surface area (Å²) in [5, 5.41) is 0. The maximum atomic E-state index is 5.23. The molecule has 2 aliphatic rings. The van der Waals surface area contributed by atoms with Crippen LogP contribution in [0.3, 0.4) is 0 Å². The molecular formula is C31H42FeN2O+2. The summed E-state index contributed by atoms with van der Waals surface area (Å²) < 4.78 is 9.67. The van der Waals surface area contributed by atoms with E-state index in [9.17, 15) is 0 Å². The third-order valence-corrected chi connectivity index (χ3v) is 7.43. The first kappa shape index (κ1) is 27.4. The van der Waals surface area contributed by atoms with Crippen LogP contribution in [0.5, 0.6) is 5.75 Å². The predicted octanol–water partition coefficient (Wildman–Crippen LogP) is 7.23. The number of ether oxygens (including phenoxy) is 1. The number of aromatic nitrogens is 2. The van der Waals surface area contributed by atoms with Gasteiger partial charge in [-0.2, -0.15) is 4.57 Å². The average molecular weight is 515 g/mol. The molecule has 3 aromatic rings. The zero-order chi connectivity index (χ0) is 23.4. The Hall–Kier alpha value is -2.16. The molecule has 2 heterocycles. The van der Waals surface area contributed by atoms with Crippen LogP contribution < -0.4 is 13.9 Å². The standard InChI is InChI=1S/C26H32N2O.C5H10.Fe/c1-29-26-11-9-25(10-12-26)28-20-15-24(16-21-28)23-13-18-27(19-14-23)17-5-4-8-22-6-2-3-7-22;1-2-4-5-3-1;/h9-16,18-22H,2-8,17H2,1H3;1-5H2;/q+2;;. The van der Waals surface area contributed by atoms with Gasteiger partial charge in [-0.25, -0.2) is 4.57 Å². The SMILES string of the molecule is C1CCCC1.COc1ccc(-[n+]2ccc(-c3cc[n+](CCCCC4CCCC4)cc3)cc2)cc1.[Fe]. The van der Waals surface area contributed by atoms with Crippen molar-refractivity contribution in [3.63, 3.8) is 0 Å². The monoisotopic (exact) mass is 514 g/mol. The van der Waals surface area contributed by atoms with Crippen molar-refractivity contribution in [2.75, 3.05) is 7.11 Å². The summed E-state index contributed by atoms with van der Waals surface area (Å²) >= 11 is 0. The van der Waals surface area contributed by atoms with Gasteiger partial charge in [-0.05, 0) is 35.6 Å². The van der Waals surface area contributed by atoms with Gasteiger partial charge in [-0.15, -0.1) is 0 Å². The third-order valence-electron chi connectivity index (χ3n) is 7.43. The summed E-state index contributed by atoms with van der Waals surface area (Å²) in [5.74, 6) is 1.89. The molecule has 188 valence electrons. The van der Waals surface area contributed by atoms with Crippen LogP contribution in [0.15, 0.2) is 73.3 Å². The average Bonchev–Trinajstić information content (AvgIpc) is 3.65. The Morgan fingerprint density at radius 2 is 1.23 bits per heavy atom. The summed E-state index contributed by atoms with van der Waals surface area (Å²) in [4.78, 5) is 0. The van der Waals surface area contributed by atoms with Crippen LogP contribution in [-0.2, 0) is 23.6 Å². The van der Waals surface area contributed by atoms with E-state index in [1.54, 1.807) is 7.11 Å². The molecule has 0 unspecified atom stereocenters. The van der Waals surface area contributed by atoms with Crippen LogP contribution in [0.1, 0.15) is 77.0 Å². The molecule has 4 heteroatoms. The molecule has 3 nitrogen and oxygen atoms in total. The minimum Gasteiger partial charge on any atom is -0.497 e. The van der Waals surface area contributed by atoms with Gasteiger partial charge in [0.1, 0.15) is 12.3 Å². The van der Waals surface area contributed by atoms with Gasteiger partial charge in [0.2, 0.25) is 5.69 Å². The van der Waals surface area contributed by atoms with Gasteiger partial charge in [0.25, 0.3) is 0 Å². The van der Waals surface area contributed by atoms with E-state index in [0.717, 1.165) is 23.9 Å². The van der Waals surface area contributed by atoms with E-state index >= 15 is 0 Å². The summed E-state index contributed by atoms with van der Waals surface area (Å²) in [6.45, 7) is 1.12. The first-order valence-corrected chi connectivity index (χ1v) is 13.5. The molecule has 0 atom stereocenters. The Bertz CT molecular complexity index is 953. The van der Waals surface area contributed by atoms with Crippen molar-refractivity contribution in [2.24, 2.45) is 5.92 Å². The van der Waals surface area contributed by atoms with Crippen LogP contribution in [-0.4, -0.2) is 7.11 Å². The Morgan fingerprint density at radius 3 is 1.77 bits per heavy atom. The maximum Gasteiger partial charge on any atom is 0.210 e. The van der Waals surface area contributed by atoms with Gasteiger partial charge in [0.05, 0.1) is 7.11 Å². The van der Waals surface area contributed by atoms with Gasteiger partial charge in [0, 0.05) is 59.9 Å². The number of hydrogen-bond donors (Lipinski definition) is 0. The number of hydrogen-bond acceptors (Lipinski definition) is 1. The molecule has 0 radical (unpaired) electrons. The van der Waals surface area contributed by atoms with Crippen LogP contribution >= 0.6 is 0 Å². The van der Waals surface area contributed by atoms with Gasteiger partial charge in [-0.3, -0.25) is 0 Å². The molecule has 0 saturated heterocycles. The number of unbranched alkanes of at least 4 members (excludes halogenated alkanes) is 1. The molecule has 0 bridgehead atoms. The zero-order valence-electron chi connectivity index (χ0n) is 21.4. The van der Waals surface area contributed by atoms with E-state index in [-0.39, 0.29) is 17.1 Å². The van der Waals surface area contributed by atoms with E-state index in [2.05, 4.69) is 70.3 Å². The predicted molar refractivity (Wildman–Crippen MR) is 139 cm³/mol. The fourth-order valence-corrected chi connectivity index (χ4v) is 5.25. The first-order chi connectivity index (χ1) is 16.8. The molecule has 0 N–H and O–H groups in total. The maximum absolute atomic E-state index is 5.23. The molecule has 2 fully saturated rings. The number of benzene rings is 1. The third kappa shape index (κ3) is 8.78. The number of aryl methyl sites for hydroxylation is 1. The summed E-state index contributed by atoms with van der Waals surface area (Å²) in [6, 6.07) is 16.9. The first-order valence-electron chi connectivity index (χ1n) is 13.5. The van der Waals surface area contributed by atoms with Crippen molar-refractivity contribution in [1.29, 1.82) is 0 Å². The van der Waals surface area contributed by atoms with Crippen LogP contribution in [0.4, 0.5) is 0 Å². The van der Waals surface area contributed by atoms with Crippen molar-refractivity contribution in [1.82, 2.24) is 0 Å². The van der Waals surface area contributed by atoms with E-state index in [0.29, 0.717) is 0 Å². The number of pyridine rings is 2. The summed E-state index contributed by atoms with van der Waals surface area (Å²) in [6.07, 6.45) is 26.1. The fraction of sp³-hybridized carbons (Fsp3) is 0.484. The molecule has 2 saturated carbocycles. The fourth-order valence-electron chi connectivity index (χ4n) is 5.25. The van der Waals surface area contributed by atoms with Gasteiger partial charge < -0.3 is 4.74 Å². The van der Waals surface area contributed by atoms with Crippen LogP contribution in [0.2, 0.25) is 0 Å². The minimum atomic E-state index is 0. The molecule has 0 spiro atoms. The Kier molecular flexibility index (Phi) is 11.8. The largest absolute Gasteiger partial charge is 0.497 e. The molecule has 1 aromatic carbocycles. The van der Waals surface area contributed by atoms with E-state index in [4.69, 9.17) is 4.74 Å². The quantitative estimate of drug-likeness (QED) is 0.176. The minimum absolute atomic E-state index is 0. The molecule has 5 rings (SSSR count). The van der Waals surface area contributed by atoms with Crippen LogP contribution in [0.25, 0.3) is 16.8 Å². The molecule has 0 amide bonds. The van der Waals surface area contributed by atoms with Crippen molar-refractivity contribution in [2.45, 2.75) is 83.6 Å². The number of nitrogens with zero attached hydrogens (tertiary/aromatic N) is 2. The van der Waals surface area contributed by atoms with Gasteiger partial charge >= 0.3 is 0 Å². The number of methoxy groups -OCH3 is 1. The Morgan fingerprint density at radius 1 is 0.686 bits per heavy atom. The summed E-state index contributed by atoms with van der Waals surface area (Å²) in [5.41, 5.74) is 3.62. The molecule has 2 aliphatic carbocycles. The summed E-state index contributed by atoms with van der Waals surface area (Å²) in [7, 11) is 1.69. The second-order valence-electron chi connectivity index (χ2n) is 9.93. The van der Waals surface area contributed by atoms with E-state index in [1.807, 2.05) is 12.1 Å². The second-order valence-corrected chi connectivity index (χ2v) is 9.93. The molecule has 2 aromatic heterocycles. The van der Waals surface area contributed by atoms with Crippen LogP contribution in [0, 0.1) is 5.92 Å². The molecule has 35 heavy (non-hydrogen) atoms. The van der Waals surface area contributed by atoms with Crippen molar-refractivity contribution in [3.8, 4) is 22.6 Å². The van der Waals surface area contributed by atoms with E-state index in [1.165, 1.54) is 88.2 Å². The van der Waals surface area contributed by atoms with E-state index < -0.39 is 0 Å². The molecular weight excluding hydrogens is 472 g/mol. The molecule has 0 aliphatic heterocycles. The van der Waals surface area contributed by atoms with Crippen molar-refractivity contribution >= 4 is 0 Å². The normalized spacial score (nSPS) is 15.2. The zero-order valence-corrected chi connectivity index (χ0v) is 22.5. The second kappa shape index (κ2) is 15.1. The van der Waals surface area contributed by atoms with Crippen molar-refractivity contribution < 1.29 is 30.9 Å². The smallest absolute Gasteiger partial charge is 0.210 e. The number of rotatable bonds is 8. The topological polar surface area (TPSA) is 17.0 Å².